The van der Waals surface area contributed by atoms with Gasteiger partial charge in [0.25, 0.3) is 0 Å². The van der Waals surface area contributed by atoms with Crippen LogP contribution in [0, 0.1) is 16.2 Å². The lowest BCUT2D eigenvalue weighted by Crippen LogP contribution is -2.41. The Morgan fingerprint density at radius 2 is 1.39 bits per heavy atom. The van der Waals surface area contributed by atoms with Crippen molar-refractivity contribution in [2.75, 3.05) is 13.2 Å². The van der Waals surface area contributed by atoms with Crippen molar-refractivity contribution in [2.24, 2.45) is 16.2 Å². The van der Waals surface area contributed by atoms with Crippen LogP contribution in [-0.2, 0) is 30.4 Å². The highest BCUT2D eigenvalue weighted by molar-refractivity contribution is 6.02. The van der Waals surface area contributed by atoms with Crippen LogP contribution in [0.3, 0.4) is 0 Å². The van der Waals surface area contributed by atoms with Crippen LogP contribution in [-0.4, -0.2) is 31.3 Å². The van der Waals surface area contributed by atoms with E-state index in [1.54, 1.807) is 0 Å². The first kappa shape index (κ1) is 26.2. The van der Waals surface area contributed by atoms with Crippen molar-refractivity contribution >= 4 is 33.5 Å². The van der Waals surface area contributed by atoms with E-state index in [-0.39, 0.29) is 36.7 Å². The molecule has 1 aliphatic heterocycles. The van der Waals surface area contributed by atoms with E-state index in [9.17, 15) is 9.59 Å². The van der Waals surface area contributed by atoms with Crippen LogP contribution in [0.25, 0.3) is 21.5 Å². The summed E-state index contributed by atoms with van der Waals surface area (Å²) in [7, 11) is 0. The van der Waals surface area contributed by atoms with E-state index in [1.807, 2.05) is 45.0 Å². The summed E-state index contributed by atoms with van der Waals surface area (Å²) in [6.07, 6.45) is 0.924. The smallest absolute Gasteiger partial charge is 0.311 e. The third-order valence-electron chi connectivity index (χ3n) is 6.83. The zero-order valence-electron chi connectivity index (χ0n) is 22.4. The van der Waals surface area contributed by atoms with Crippen molar-refractivity contribution in [3.8, 4) is 0 Å². The molecule has 5 nitrogen and oxygen atoms in total. The van der Waals surface area contributed by atoms with Crippen LogP contribution in [0.5, 0.6) is 0 Å². The van der Waals surface area contributed by atoms with Crippen molar-refractivity contribution < 1.29 is 23.8 Å². The van der Waals surface area contributed by atoms with Gasteiger partial charge in [-0.25, -0.2) is 0 Å². The van der Waals surface area contributed by atoms with Gasteiger partial charge in [-0.2, -0.15) is 0 Å². The number of rotatable bonds is 9. The van der Waals surface area contributed by atoms with E-state index < -0.39 is 10.8 Å². The molecule has 0 aromatic heterocycles. The number of benzene rings is 3. The maximum atomic E-state index is 13.5. The summed E-state index contributed by atoms with van der Waals surface area (Å²) in [5.74, 6) is -0.605. The summed E-state index contributed by atoms with van der Waals surface area (Å²) in [5.41, 5.74) is -0.836. The number of esters is 2. The second-order valence-corrected chi connectivity index (χ2v) is 12.3. The SMILES string of the molecule is CC(C)(C)CC(C)(CC(C)(C)C(=O)OCc1c2ccccc2cc2ccccc12)C(=O)OCC1CO1. The summed E-state index contributed by atoms with van der Waals surface area (Å²) >= 11 is 0. The molecule has 192 valence electrons. The predicted octanol–water partition coefficient (Wildman–Crippen LogP) is 6.84. The zero-order valence-corrected chi connectivity index (χ0v) is 22.4. The van der Waals surface area contributed by atoms with Crippen LogP contribution in [0.15, 0.2) is 54.6 Å². The van der Waals surface area contributed by atoms with Gasteiger partial charge >= 0.3 is 11.9 Å². The third-order valence-corrected chi connectivity index (χ3v) is 6.83. The van der Waals surface area contributed by atoms with Gasteiger partial charge in [-0.05, 0) is 66.6 Å². The van der Waals surface area contributed by atoms with Gasteiger partial charge in [0.05, 0.1) is 17.4 Å². The second-order valence-electron chi connectivity index (χ2n) is 12.3. The molecule has 0 amide bonds. The molecule has 1 aliphatic rings. The van der Waals surface area contributed by atoms with Crippen molar-refractivity contribution in [2.45, 2.75) is 67.1 Å². The number of carbonyl (C=O) groups excluding carboxylic acids is 2. The Hall–Kier alpha value is -2.92. The minimum Gasteiger partial charge on any atom is -0.462 e. The number of ether oxygens (including phenoxy) is 3. The van der Waals surface area contributed by atoms with Crippen LogP contribution in [0.2, 0.25) is 0 Å². The fourth-order valence-corrected chi connectivity index (χ4v) is 5.53. The average molecular weight is 491 g/mol. The molecule has 2 unspecified atom stereocenters. The average Bonchev–Trinajstić information content (AvgIpc) is 3.62. The van der Waals surface area contributed by atoms with E-state index in [1.165, 1.54) is 0 Å². The van der Waals surface area contributed by atoms with E-state index >= 15 is 0 Å². The van der Waals surface area contributed by atoms with Crippen molar-refractivity contribution in [3.63, 3.8) is 0 Å². The Bertz CT molecular complexity index is 1210. The van der Waals surface area contributed by atoms with Crippen molar-refractivity contribution in [3.05, 3.63) is 60.2 Å². The number of hydrogen-bond donors (Lipinski definition) is 0. The fourth-order valence-electron chi connectivity index (χ4n) is 5.53. The highest BCUT2D eigenvalue weighted by Gasteiger charge is 2.46. The van der Waals surface area contributed by atoms with Crippen LogP contribution in [0.4, 0.5) is 0 Å². The van der Waals surface area contributed by atoms with Gasteiger partial charge in [0.2, 0.25) is 0 Å². The molecular weight excluding hydrogens is 452 g/mol. The standard InChI is InChI=1S/C31H38O5/c1-29(2,3)19-31(6,28(33)35-17-23-16-34-23)20-30(4,5)27(32)36-18-26-24-13-9-7-11-21(24)15-22-12-8-10-14-25(22)26/h7-15,23H,16-20H2,1-6H3. The summed E-state index contributed by atoms with van der Waals surface area (Å²) in [6, 6.07) is 18.5. The topological polar surface area (TPSA) is 65.1 Å². The Kier molecular flexibility index (Phi) is 7.16. The molecule has 1 saturated heterocycles. The Balaban J connectivity index is 1.54. The zero-order chi connectivity index (χ0) is 26.1. The third kappa shape index (κ3) is 6.07. The maximum Gasteiger partial charge on any atom is 0.311 e. The summed E-state index contributed by atoms with van der Waals surface area (Å²) in [5, 5.41) is 4.37. The number of carbonyl (C=O) groups is 2. The molecular formula is C31H38O5. The Labute approximate surface area is 214 Å². The Morgan fingerprint density at radius 1 is 0.833 bits per heavy atom. The number of fused-ring (bicyclic) bond motifs is 2. The minimum atomic E-state index is -0.879. The fraction of sp³-hybridized carbons (Fsp3) is 0.484. The molecule has 0 radical (unpaired) electrons. The van der Waals surface area contributed by atoms with E-state index in [2.05, 4.69) is 51.1 Å². The molecule has 2 atom stereocenters. The molecule has 1 fully saturated rings. The molecule has 0 aliphatic carbocycles. The first-order valence-electron chi connectivity index (χ1n) is 12.7. The first-order valence-corrected chi connectivity index (χ1v) is 12.7. The highest BCUT2D eigenvalue weighted by atomic mass is 16.6. The molecule has 0 N–H and O–H groups in total. The van der Waals surface area contributed by atoms with Crippen LogP contribution >= 0.6 is 0 Å². The van der Waals surface area contributed by atoms with Gasteiger partial charge in [0.1, 0.15) is 19.3 Å². The normalized spacial score (nSPS) is 17.6. The van der Waals surface area contributed by atoms with Crippen LogP contribution < -0.4 is 0 Å². The summed E-state index contributed by atoms with van der Waals surface area (Å²) in [6.45, 7) is 13.0. The number of epoxide rings is 1. The summed E-state index contributed by atoms with van der Waals surface area (Å²) < 4.78 is 16.8. The van der Waals surface area contributed by atoms with Crippen LogP contribution in [0.1, 0.15) is 59.9 Å². The highest BCUT2D eigenvalue weighted by Crippen LogP contribution is 2.44. The monoisotopic (exact) mass is 490 g/mol. The molecule has 36 heavy (non-hydrogen) atoms. The van der Waals surface area contributed by atoms with Gasteiger partial charge in [-0.15, -0.1) is 0 Å². The molecule has 0 saturated carbocycles. The minimum absolute atomic E-state index is 0.00123. The molecule has 5 heteroatoms. The van der Waals surface area contributed by atoms with Crippen molar-refractivity contribution in [1.82, 2.24) is 0 Å². The first-order chi connectivity index (χ1) is 16.9. The van der Waals surface area contributed by atoms with Gasteiger partial charge in [0, 0.05) is 5.56 Å². The summed E-state index contributed by atoms with van der Waals surface area (Å²) in [4.78, 5) is 26.7. The molecule has 0 bridgehead atoms. The van der Waals surface area contributed by atoms with Gasteiger partial charge in [-0.3, -0.25) is 9.59 Å². The van der Waals surface area contributed by atoms with Crippen molar-refractivity contribution in [1.29, 1.82) is 0 Å². The predicted molar refractivity (Wildman–Crippen MR) is 143 cm³/mol. The van der Waals surface area contributed by atoms with E-state index in [4.69, 9.17) is 14.2 Å². The molecule has 3 aromatic rings. The lowest BCUT2D eigenvalue weighted by atomic mass is 9.67. The van der Waals surface area contributed by atoms with E-state index in [0.717, 1.165) is 27.1 Å². The molecule has 0 spiro atoms. The Morgan fingerprint density at radius 3 is 1.92 bits per heavy atom. The van der Waals surface area contributed by atoms with Gasteiger partial charge in [-0.1, -0.05) is 69.3 Å². The largest absolute Gasteiger partial charge is 0.462 e. The van der Waals surface area contributed by atoms with E-state index in [0.29, 0.717) is 19.4 Å². The second kappa shape index (κ2) is 9.85. The molecule has 3 aromatic carbocycles. The maximum absolute atomic E-state index is 13.5. The lowest BCUT2D eigenvalue weighted by molar-refractivity contribution is -0.165. The van der Waals surface area contributed by atoms with Gasteiger partial charge in [0.15, 0.2) is 0 Å². The molecule has 4 rings (SSSR count). The van der Waals surface area contributed by atoms with Gasteiger partial charge < -0.3 is 14.2 Å². The lowest BCUT2D eigenvalue weighted by Gasteiger charge is -2.38. The quantitative estimate of drug-likeness (QED) is 0.187. The molecule has 1 heterocycles. The number of hydrogen-bond acceptors (Lipinski definition) is 5.